The van der Waals surface area contributed by atoms with Gasteiger partial charge in [0.25, 0.3) is 5.89 Å². The van der Waals surface area contributed by atoms with Crippen LogP contribution in [0.1, 0.15) is 0 Å². The van der Waals surface area contributed by atoms with Crippen LogP contribution in [0.25, 0.3) is 22.8 Å². The molecule has 3 nitrogen and oxygen atoms in total. The van der Waals surface area contributed by atoms with Crippen LogP contribution in [0.2, 0.25) is 0 Å². The monoisotopic (exact) mass is 317 g/mol. The molecule has 5 heteroatoms. The van der Waals surface area contributed by atoms with E-state index in [1.165, 1.54) is 0 Å². The van der Waals surface area contributed by atoms with E-state index in [4.69, 9.17) is 17.2 Å². The topological polar surface area (TPSA) is 38.9 Å². The predicted octanol–water partition coefficient (Wildman–Crippen LogP) is 3.31. The second-order valence-electron chi connectivity index (χ2n) is 3.79. The van der Waals surface area contributed by atoms with Gasteiger partial charge in [-0.25, -0.2) is 0 Å². The Bertz CT molecular complexity index is 670. The first kappa shape index (κ1) is 13.8. The summed E-state index contributed by atoms with van der Waals surface area (Å²) in [6.45, 7) is 0. The van der Waals surface area contributed by atoms with Crippen molar-refractivity contribution < 1.29 is 24.0 Å². The summed E-state index contributed by atoms with van der Waals surface area (Å²) < 4.78 is 5.26. The maximum atomic E-state index is 5.26. The van der Waals surface area contributed by atoms with Gasteiger partial charge < -0.3 is 17.2 Å². The average Bonchev–Trinajstić information content (AvgIpc) is 2.90. The van der Waals surface area contributed by atoms with Crippen LogP contribution in [0, 0.1) is 0 Å². The van der Waals surface area contributed by atoms with E-state index in [2.05, 4.69) is 10.1 Å². The smallest absolute Gasteiger partial charge is 0.256 e. The van der Waals surface area contributed by atoms with Crippen LogP contribution in [0.3, 0.4) is 0 Å². The zero-order valence-corrected chi connectivity index (χ0v) is 13.9. The average molecular weight is 319 g/mol. The quantitative estimate of drug-likeness (QED) is 0.537. The fraction of sp³-hybridized carbons (Fsp3) is 0. The van der Waals surface area contributed by atoms with E-state index < -0.39 is 0 Å². The molecule has 3 rings (SSSR count). The molecule has 1 aromatic heterocycles. The molecule has 0 aliphatic rings. The molecule has 0 N–H and O–H groups in total. The number of hydrogen-bond donors (Lipinski definition) is 0. The fourth-order valence-electron chi connectivity index (χ4n) is 1.68. The summed E-state index contributed by atoms with van der Waals surface area (Å²) in [5.74, 6) is 1.03. The first-order valence-corrected chi connectivity index (χ1v) is 5.91. The summed E-state index contributed by atoms with van der Waals surface area (Å²) in [5.41, 5.74) is 1.72. The molecule has 3 aromatic rings. The third-order valence-corrected chi connectivity index (χ3v) is 2.93. The van der Waals surface area contributed by atoms with Gasteiger partial charge in [0.05, 0.1) is 0 Å². The Morgan fingerprint density at radius 2 is 1.58 bits per heavy atom. The van der Waals surface area contributed by atoms with Crippen molar-refractivity contribution in [1.29, 1.82) is 0 Å². The van der Waals surface area contributed by atoms with Crippen LogP contribution in [-0.4, -0.2) is 10.1 Å². The molecule has 0 atom stereocenters. The number of benzene rings is 2. The molecule has 0 radical (unpaired) electrons. The molecule has 0 aliphatic carbocycles. The normalized spacial score (nSPS) is 9.89. The molecule has 0 bridgehead atoms. The Balaban J connectivity index is 0.00000133. The third-order valence-electron chi connectivity index (χ3n) is 2.58. The van der Waals surface area contributed by atoms with Crippen LogP contribution in [0.15, 0.2) is 64.0 Å². The van der Waals surface area contributed by atoms with Crippen molar-refractivity contribution >= 4 is 12.6 Å². The van der Waals surface area contributed by atoms with E-state index in [0.29, 0.717) is 16.6 Å². The molecule has 0 aliphatic heterocycles. The third kappa shape index (κ3) is 2.88. The number of hydrogen-bond acceptors (Lipinski definition) is 4. The van der Waals surface area contributed by atoms with Crippen molar-refractivity contribution in [2.45, 2.75) is 4.90 Å². The first-order chi connectivity index (χ1) is 8.84. The SMILES string of the molecule is [S-]c1ccccc1-c1nc(-c2ccccc2)no1.[Zn]. The molecule has 1 heterocycles. The molecule has 0 saturated heterocycles. The Labute approximate surface area is 129 Å². The van der Waals surface area contributed by atoms with Gasteiger partial charge in [0, 0.05) is 30.6 Å². The second kappa shape index (κ2) is 6.04. The van der Waals surface area contributed by atoms with Crippen molar-refractivity contribution in [3.8, 4) is 22.8 Å². The Morgan fingerprint density at radius 3 is 2.32 bits per heavy atom. The van der Waals surface area contributed by atoms with E-state index >= 15 is 0 Å². The van der Waals surface area contributed by atoms with Crippen molar-refractivity contribution in [1.82, 2.24) is 10.1 Å². The molecule has 0 fully saturated rings. The van der Waals surface area contributed by atoms with Gasteiger partial charge in [0.1, 0.15) is 0 Å². The van der Waals surface area contributed by atoms with E-state index in [1.807, 2.05) is 54.6 Å². The predicted molar refractivity (Wildman–Crippen MR) is 70.8 cm³/mol. The molecule has 2 aromatic carbocycles. The molecule has 19 heavy (non-hydrogen) atoms. The van der Waals surface area contributed by atoms with Gasteiger partial charge >= 0.3 is 0 Å². The van der Waals surface area contributed by atoms with Gasteiger partial charge in [-0.1, -0.05) is 59.8 Å². The molecule has 0 spiro atoms. The summed E-state index contributed by atoms with van der Waals surface area (Å²) in [6, 6.07) is 17.2. The molecule has 90 valence electrons. The summed E-state index contributed by atoms with van der Waals surface area (Å²) in [5, 5.41) is 3.97. The molecular weight excluding hydrogens is 310 g/mol. The maximum Gasteiger partial charge on any atom is 0.256 e. The van der Waals surface area contributed by atoms with E-state index in [1.54, 1.807) is 0 Å². The minimum absolute atomic E-state index is 0. The van der Waals surface area contributed by atoms with Crippen LogP contribution in [0.5, 0.6) is 0 Å². The number of rotatable bonds is 2. The zero-order valence-electron chi connectivity index (χ0n) is 10.1. The van der Waals surface area contributed by atoms with Gasteiger partial charge in [0.15, 0.2) is 0 Å². The van der Waals surface area contributed by atoms with Crippen LogP contribution in [0.4, 0.5) is 0 Å². The Kier molecular flexibility index (Phi) is 4.40. The molecular formula is C14H9N2OSZn-. The van der Waals surface area contributed by atoms with E-state index in [0.717, 1.165) is 11.1 Å². The largest absolute Gasteiger partial charge is 0.779 e. The number of nitrogens with zero attached hydrogens (tertiary/aromatic N) is 2. The van der Waals surface area contributed by atoms with Gasteiger partial charge in [0.2, 0.25) is 5.82 Å². The second-order valence-corrected chi connectivity index (χ2v) is 4.23. The minimum atomic E-state index is 0. The standard InChI is InChI=1S/C14H10N2OS.Zn/c18-12-9-5-4-8-11(12)14-15-13(16-17-14)10-6-2-1-3-7-10;/h1-9,18H;/p-1. The first-order valence-electron chi connectivity index (χ1n) is 5.50. The van der Waals surface area contributed by atoms with Crippen molar-refractivity contribution in [2.24, 2.45) is 0 Å². The van der Waals surface area contributed by atoms with Crippen LogP contribution in [-0.2, 0) is 32.1 Å². The van der Waals surface area contributed by atoms with Gasteiger partial charge in [-0.15, -0.1) is 0 Å². The van der Waals surface area contributed by atoms with Crippen molar-refractivity contribution in [3.05, 3.63) is 54.6 Å². The van der Waals surface area contributed by atoms with Gasteiger partial charge in [-0.2, -0.15) is 9.88 Å². The fourth-order valence-corrected chi connectivity index (χ4v) is 1.91. The maximum absolute atomic E-state index is 5.26. The van der Waals surface area contributed by atoms with Gasteiger partial charge in [-0.3, -0.25) is 0 Å². The minimum Gasteiger partial charge on any atom is -0.779 e. The molecule has 0 unspecified atom stereocenters. The molecule has 0 saturated carbocycles. The summed E-state index contributed by atoms with van der Waals surface area (Å²) in [6.07, 6.45) is 0. The van der Waals surface area contributed by atoms with Gasteiger partial charge in [-0.05, 0) is 0 Å². The zero-order chi connectivity index (χ0) is 12.4. The number of aromatic nitrogens is 2. The summed E-state index contributed by atoms with van der Waals surface area (Å²) in [4.78, 5) is 5.08. The van der Waals surface area contributed by atoms with Crippen molar-refractivity contribution in [2.75, 3.05) is 0 Å². The summed E-state index contributed by atoms with van der Waals surface area (Å²) >= 11 is 5.23. The van der Waals surface area contributed by atoms with Crippen LogP contribution < -0.4 is 0 Å². The van der Waals surface area contributed by atoms with Crippen LogP contribution >= 0.6 is 0 Å². The Hall–Kier alpha value is -1.58. The van der Waals surface area contributed by atoms with E-state index in [9.17, 15) is 0 Å². The molecule has 0 amide bonds. The Morgan fingerprint density at radius 1 is 0.895 bits per heavy atom. The van der Waals surface area contributed by atoms with E-state index in [-0.39, 0.29) is 19.5 Å². The summed E-state index contributed by atoms with van der Waals surface area (Å²) in [7, 11) is 0. The van der Waals surface area contributed by atoms with Crippen molar-refractivity contribution in [3.63, 3.8) is 0 Å².